The first-order chi connectivity index (χ1) is 11.6. The molecule has 5 nitrogen and oxygen atoms in total. The van der Waals surface area contributed by atoms with E-state index in [0.717, 1.165) is 37.8 Å². The SMILES string of the molecule is CCC1CN(C(=NCC(=O)N(C)C)NCCc2cccs2)CCS1. The van der Waals surface area contributed by atoms with Crippen LogP contribution in [0.3, 0.4) is 0 Å². The standard InChI is InChI=1S/C17H28N4OS2/c1-4-14-13-21(9-11-24-14)17(19-12-16(22)20(2)3)18-8-7-15-6-5-10-23-15/h5-6,10,14H,4,7-9,11-13H2,1-3H3,(H,18,19). The summed E-state index contributed by atoms with van der Waals surface area (Å²) in [5, 5.41) is 6.22. The molecule has 2 rings (SSSR count). The highest BCUT2D eigenvalue weighted by molar-refractivity contribution is 8.00. The van der Waals surface area contributed by atoms with E-state index in [1.807, 2.05) is 11.8 Å². The van der Waals surface area contributed by atoms with Crippen LogP contribution in [-0.4, -0.2) is 72.9 Å². The number of rotatable bonds is 6. The Hall–Kier alpha value is -1.21. The molecule has 0 aromatic carbocycles. The molecular formula is C17H28N4OS2. The molecule has 134 valence electrons. The quantitative estimate of drug-likeness (QED) is 0.617. The van der Waals surface area contributed by atoms with Gasteiger partial charge in [0.1, 0.15) is 6.54 Å². The van der Waals surface area contributed by atoms with E-state index in [2.05, 4.69) is 39.6 Å². The molecule has 0 aliphatic carbocycles. The Balaban J connectivity index is 1.96. The summed E-state index contributed by atoms with van der Waals surface area (Å²) in [7, 11) is 3.54. The number of amides is 1. The zero-order valence-electron chi connectivity index (χ0n) is 14.8. The number of nitrogens with one attached hydrogen (secondary N) is 1. The maximum Gasteiger partial charge on any atom is 0.243 e. The summed E-state index contributed by atoms with van der Waals surface area (Å²) in [5.41, 5.74) is 0. The van der Waals surface area contributed by atoms with Crippen LogP contribution in [0, 0.1) is 0 Å². The summed E-state index contributed by atoms with van der Waals surface area (Å²) in [6.07, 6.45) is 2.15. The van der Waals surface area contributed by atoms with Gasteiger partial charge in [-0.3, -0.25) is 4.79 Å². The molecule has 1 aromatic heterocycles. The molecule has 1 saturated heterocycles. The summed E-state index contributed by atoms with van der Waals surface area (Å²) >= 11 is 3.82. The molecule has 1 N–H and O–H groups in total. The minimum absolute atomic E-state index is 0.0333. The van der Waals surface area contributed by atoms with Gasteiger partial charge in [-0.2, -0.15) is 11.8 Å². The number of likely N-dealkylation sites (N-methyl/N-ethyl adjacent to an activating group) is 1. The zero-order valence-corrected chi connectivity index (χ0v) is 16.5. The van der Waals surface area contributed by atoms with Crippen LogP contribution in [0.15, 0.2) is 22.5 Å². The lowest BCUT2D eigenvalue weighted by atomic mass is 10.3. The van der Waals surface area contributed by atoms with Crippen LogP contribution in [-0.2, 0) is 11.2 Å². The van der Waals surface area contributed by atoms with Gasteiger partial charge < -0.3 is 15.1 Å². The zero-order chi connectivity index (χ0) is 17.4. The van der Waals surface area contributed by atoms with E-state index in [1.54, 1.807) is 30.3 Å². The monoisotopic (exact) mass is 368 g/mol. The molecule has 0 bridgehead atoms. The number of nitrogens with zero attached hydrogens (tertiary/aromatic N) is 3. The van der Waals surface area contributed by atoms with Crippen molar-refractivity contribution in [3.05, 3.63) is 22.4 Å². The Kier molecular flexibility index (Phi) is 7.91. The minimum Gasteiger partial charge on any atom is -0.356 e. The third kappa shape index (κ3) is 6.02. The molecule has 1 aliphatic heterocycles. The van der Waals surface area contributed by atoms with Gasteiger partial charge >= 0.3 is 0 Å². The molecule has 24 heavy (non-hydrogen) atoms. The highest BCUT2D eigenvalue weighted by atomic mass is 32.2. The number of guanidine groups is 1. The maximum absolute atomic E-state index is 11.9. The van der Waals surface area contributed by atoms with Gasteiger partial charge in [0.25, 0.3) is 0 Å². The van der Waals surface area contributed by atoms with Gasteiger partial charge in [-0.15, -0.1) is 11.3 Å². The second-order valence-corrected chi connectivity index (χ2v) is 8.47. The van der Waals surface area contributed by atoms with Crippen LogP contribution in [0.2, 0.25) is 0 Å². The lowest BCUT2D eigenvalue weighted by Gasteiger charge is -2.34. The van der Waals surface area contributed by atoms with E-state index in [9.17, 15) is 4.79 Å². The van der Waals surface area contributed by atoms with Gasteiger partial charge in [0, 0.05) is 49.6 Å². The Bertz CT molecular complexity index is 531. The predicted molar refractivity (Wildman–Crippen MR) is 105 cm³/mol. The van der Waals surface area contributed by atoms with E-state index < -0.39 is 0 Å². The van der Waals surface area contributed by atoms with Crippen LogP contribution in [0.25, 0.3) is 0 Å². The Labute approximate surface area is 153 Å². The average molecular weight is 369 g/mol. The molecule has 1 atom stereocenters. The largest absolute Gasteiger partial charge is 0.356 e. The first-order valence-corrected chi connectivity index (χ1v) is 10.4. The van der Waals surface area contributed by atoms with E-state index in [1.165, 1.54) is 11.3 Å². The number of hydrogen-bond donors (Lipinski definition) is 1. The Morgan fingerprint density at radius 2 is 2.33 bits per heavy atom. The van der Waals surface area contributed by atoms with Crippen LogP contribution >= 0.6 is 23.1 Å². The lowest BCUT2D eigenvalue weighted by molar-refractivity contribution is -0.127. The van der Waals surface area contributed by atoms with E-state index in [4.69, 9.17) is 0 Å². The number of aliphatic imine (C=N–C) groups is 1. The van der Waals surface area contributed by atoms with Crippen molar-refractivity contribution in [2.45, 2.75) is 25.0 Å². The smallest absolute Gasteiger partial charge is 0.243 e. The highest BCUT2D eigenvalue weighted by Crippen LogP contribution is 2.21. The molecule has 7 heteroatoms. The van der Waals surface area contributed by atoms with Gasteiger partial charge in [0.2, 0.25) is 5.91 Å². The molecule has 0 spiro atoms. The minimum atomic E-state index is 0.0333. The number of thiophene rings is 1. The van der Waals surface area contributed by atoms with Gasteiger partial charge in [0.15, 0.2) is 5.96 Å². The summed E-state index contributed by atoms with van der Waals surface area (Å²) in [4.78, 5) is 21.7. The maximum atomic E-state index is 11.9. The first kappa shape index (κ1) is 19.1. The number of carbonyl (C=O) groups excluding carboxylic acids is 1. The van der Waals surface area contributed by atoms with Gasteiger partial charge in [-0.1, -0.05) is 13.0 Å². The topological polar surface area (TPSA) is 47.9 Å². The summed E-state index contributed by atoms with van der Waals surface area (Å²) in [6, 6.07) is 4.24. The van der Waals surface area contributed by atoms with E-state index in [-0.39, 0.29) is 12.5 Å². The fraction of sp³-hybridized carbons (Fsp3) is 0.647. The number of hydrogen-bond acceptors (Lipinski definition) is 4. The number of carbonyl (C=O) groups is 1. The lowest BCUT2D eigenvalue weighted by Crippen LogP contribution is -2.48. The molecule has 0 saturated carbocycles. The van der Waals surface area contributed by atoms with Crippen molar-refractivity contribution in [1.29, 1.82) is 0 Å². The third-order valence-corrected chi connectivity index (χ3v) is 6.30. The van der Waals surface area contributed by atoms with Gasteiger partial charge in [0.05, 0.1) is 0 Å². The molecule has 1 aliphatic rings. The van der Waals surface area contributed by atoms with Crippen LogP contribution in [0.5, 0.6) is 0 Å². The first-order valence-electron chi connectivity index (χ1n) is 8.47. The van der Waals surface area contributed by atoms with E-state index >= 15 is 0 Å². The fourth-order valence-electron chi connectivity index (χ4n) is 2.46. The molecule has 1 amide bonds. The van der Waals surface area contributed by atoms with Crippen molar-refractivity contribution in [3.63, 3.8) is 0 Å². The molecule has 1 unspecified atom stereocenters. The van der Waals surface area contributed by atoms with Crippen LogP contribution < -0.4 is 5.32 Å². The van der Waals surface area contributed by atoms with Crippen LogP contribution in [0.4, 0.5) is 0 Å². The normalized spacial score (nSPS) is 18.5. The third-order valence-electron chi connectivity index (χ3n) is 3.99. The Morgan fingerprint density at radius 1 is 1.50 bits per heavy atom. The van der Waals surface area contributed by atoms with Crippen molar-refractivity contribution in [2.75, 3.05) is 46.0 Å². The molecule has 1 fully saturated rings. The molecule has 2 heterocycles. The summed E-state index contributed by atoms with van der Waals surface area (Å²) < 4.78 is 0. The second-order valence-electron chi connectivity index (χ2n) is 6.03. The second kappa shape index (κ2) is 9.93. The van der Waals surface area contributed by atoms with Crippen molar-refractivity contribution in [2.24, 2.45) is 4.99 Å². The Morgan fingerprint density at radius 3 is 3.00 bits per heavy atom. The average Bonchev–Trinajstić information content (AvgIpc) is 3.10. The molecule has 0 radical (unpaired) electrons. The highest BCUT2D eigenvalue weighted by Gasteiger charge is 2.22. The molecule has 1 aromatic rings. The predicted octanol–water partition coefficient (Wildman–Crippen LogP) is 2.15. The number of thioether (sulfide) groups is 1. The fourth-order valence-corrected chi connectivity index (χ4v) is 4.35. The van der Waals surface area contributed by atoms with Gasteiger partial charge in [-0.05, 0) is 24.3 Å². The van der Waals surface area contributed by atoms with E-state index in [0.29, 0.717) is 5.25 Å². The summed E-state index contributed by atoms with van der Waals surface area (Å²) in [5.74, 6) is 2.03. The van der Waals surface area contributed by atoms with Crippen molar-refractivity contribution in [3.8, 4) is 0 Å². The molecular weight excluding hydrogens is 340 g/mol. The van der Waals surface area contributed by atoms with Crippen LogP contribution in [0.1, 0.15) is 18.2 Å². The van der Waals surface area contributed by atoms with Crippen molar-refractivity contribution < 1.29 is 4.79 Å². The summed E-state index contributed by atoms with van der Waals surface area (Å²) in [6.45, 7) is 5.27. The van der Waals surface area contributed by atoms with Crippen molar-refractivity contribution in [1.82, 2.24) is 15.1 Å². The van der Waals surface area contributed by atoms with Crippen molar-refractivity contribution >= 4 is 35.0 Å². The van der Waals surface area contributed by atoms with Gasteiger partial charge in [-0.25, -0.2) is 4.99 Å².